The maximum atomic E-state index is 12.6. The topological polar surface area (TPSA) is 46.6 Å². The second-order valence-electron chi connectivity index (χ2n) is 5.24. The van der Waals surface area contributed by atoms with Crippen molar-refractivity contribution in [2.45, 2.75) is 37.6 Å². The predicted molar refractivity (Wildman–Crippen MR) is 85.2 cm³/mol. The van der Waals surface area contributed by atoms with Crippen LogP contribution in [-0.4, -0.2) is 29.3 Å². The van der Waals surface area contributed by atoms with E-state index in [-0.39, 0.29) is 0 Å². The van der Waals surface area contributed by atoms with Gasteiger partial charge in [-0.15, -0.1) is 0 Å². The molecule has 0 spiro atoms. The summed E-state index contributed by atoms with van der Waals surface area (Å²) in [4.78, 5) is 25.8. The molecule has 0 fully saturated rings. The molecule has 1 aliphatic carbocycles. The number of hydrogen-bond donors (Lipinski definition) is 0. The number of rotatable bonds is 5. The van der Waals surface area contributed by atoms with Crippen LogP contribution in [0.3, 0.4) is 0 Å². The summed E-state index contributed by atoms with van der Waals surface area (Å²) in [6.07, 6.45) is 5.99. The average Bonchev–Trinajstić information content (AvgIpc) is 2.59. The van der Waals surface area contributed by atoms with E-state index in [4.69, 9.17) is 11.6 Å². The van der Waals surface area contributed by atoms with E-state index in [9.17, 15) is 9.59 Å². The Morgan fingerprint density at radius 1 is 1.27 bits per heavy atom. The first-order chi connectivity index (χ1) is 10.6. The van der Waals surface area contributed by atoms with Crippen LogP contribution in [-0.2, 0) is 20.9 Å². The van der Waals surface area contributed by atoms with Crippen LogP contribution in [0.1, 0.15) is 31.2 Å². The van der Waals surface area contributed by atoms with Gasteiger partial charge < -0.3 is 9.64 Å². The number of hydrogen-bond acceptors (Lipinski definition) is 3. The lowest BCUT2D eigenvalue weighted by molar-refractivity contribution is -0.145. The normalized spacial score (nSPS) is 15.6. The number of halogens is 1. The van der Waals surface area contributed by atoms with Gasteiger partial charge in [0.1, 0.15) is 0 Å². The second kappa shape index (κ2) is 7.99. The molecule has 0 N–H and O–H groups in total. The summed E-state index contributed by atoms with van der Waals surface area (Å²) in [5.74, 6) is -1.15. The molecule has 1 atom stereocenters. The Bertz CT molecular complexity index is 556. The van der Waals surface area contributed by atoms with Gasteiger partial charge in [-0.05, 0) is 31.2 Å². The Morgan fingerprint density at radius 3 is 2.59 bits per heavy atom. The Kier molecular flexibility index (Phi) is 6.01. The highest BCUT2D eigenvalue weighted by atomic mass is 35.5. The van der Waals surface area contributed by atoms with Crippen LogP contribution >= 0.6 is 11.6 Å². The fraction of sp³-hybridized carbons (Fsp3) is 0.412. The van der Waals surface area contributed by atoms with Crippen LogP contribution in [0.2, 0.25) is 0 Å². The van der Waals surface area contributed by atoms with Gasteiger partial charge in [-0.3, -0.25) is 4.79 Å². The molecule has 1 unspecified atom stereocenters. The summed E-state index contributed by atoms with van der Waals surface area (Å²) in [5, 5.41) is -1.31. The lowest BCUT2D eigenvalue weighted by atomic mass is 10.0. The second-order valence-corrected chi connectivity index (χ2v) is 5.67. The van der Waals surface area contributed by atoms with Crippen molar-refractivity contribution in [3.8, 4) is 0 Å². The first kappa shape index (κ1) is 16.6. The minimum Gasteiger partial charge on any atom is -0.468 e. The fourth-order valence-electron chi connectivity index (χ4n) is 2.49. The maximum absolute atomic E-state index is 12.6. The average molecular weight is 322 g/mol. The van der Waals surface area contributed by atoms with E-state index in [0.29, 0.717) is 6.54 Å². The summed E-state index contributed by atoms with van der Waals surface area (Å²) in [6.45, 7) is 0.408. The third-order valence-corrected chi connectivity index (χ3v) is 4.05. The highest BCUT2D eigenvalue weighted by Crippen LogP contribution is 2.24. The number of esters is 1. The van der Waals surface area contributed by atoms with E-state index >= 15 is 0 Å². The Labute approximate surface area is 135 Å². The highest BCUT2D eigenvalue weighted by Gasteiger charge is 2.31. The number of benzene rings is 1. The van der Waals surface area contributed by atoms with E-state index in [0.717, 1.165) is 36.9 Å². The molecule has 2 rings (SSSR count). The van der Waals surface area contributed by atoms with Crippen LogP contribution in [0, 0.1) is 0 Å². The third-order valence-electron chi connectivity index (χ3n) is 3.69. The summed E-state index contributed by atoms with van der Waals surface area (Å²) >= 11 is 5.97. The van der Waals surface area contributed by atoms with Crippen molar-refractivity contribution >= 4 is 23.5 Å². The third kappa shape index (κ3) is 4.10. The molecule has 1 aromatic carbocycles. The molecule has 1 aromatic rings. The Balaban J connectivity index is 2.23. The Hall–Kier alpha value is -1.81. The van der Waals surface area contributed by atoms with E-state index in [1.54, 1.807) is 4.90 Å². The smallest absolute Gasteiger partial charge is 0.333 e. The van der Waals surface area contributed by atoms with E-state index in [1.807, 2.05) is 30.3 Å². The van der Waals surface area contributed by atoms with E-state index in [2.05, 4.69) is 10.8 Å². The molecule has 0 bridgehead atoms. The summed E-state index contributed by atoms with van der Waals surface area (Å²) in [6, 6.07) is 9.67. The van der Waals surface area contributed by atoms with Gasteiger partial charge >= 0.3 is 5.97 Å². The van der Waals surface area contributed by atoms with Gasteiger partial charge in [-0.1, -0.05) is 48.0 Å². The number of nitrogens with zero attached hydrogens (tertiary/aromatic N) is 1. The molecule has 5 heteroatoms. The molecule has 4 nitrogen and oxygen atoms in total. The molecule has 118 valence electrons. The van der Waals surface area contributed by atoms with Gasteiger partial charge in [-0.2, -0.15) is 0 Å². The van der Waals surface area contributed by atoms with Gasteiger partial charge in [0, 0.05) is 5.70 Å². The van der Waals surface area contributed by atoms with Crippen molar-refractivity contribution < 1.29 is 14.3 Å². The van der Waals surface area contributed by atoms with Crippen molar-refractivity contribution in [2.75, 3.05) is 7.11 Å². The van der Waals surface area contributed by atoms with Crippen LogP contribution in [0.15, 0.2) is 42.1 Å². The van der Waals surface area contributed by atoms with Gasteiger partial charge in [0.25, 0.3) is 5.91 Å². The molecule has 0 aromatic heterocycles. The zero-order valence-electron chi connectivity index (χ0n) is 12.6. The van der Waals surface area contributed by atoms with Gasteiger partial charge in [0.15, 0.2) is 0 Å². The molecule has 0 radical (unpaired) electrons. The van der Waals surface area contributed by atoms with Crippen molar-refractivity contribution in [1.82, 2.24) is 4.90 Å². The molecule has 0 saturated carbocycles. The monoisotopic (exact) mass is 321 g/mol. The molecule has 0 aliphatic heterocycles. The zero-order chi connectivity index (χ0) is 15.9. The number of alkyl halides is 1. The van der Waals surface area contributed by atoms with Crippen molar-refractivity contribution in [2.24, 2.45) is 0 Å². The first-order valence-electron chi connectivity index (χ1n) is 7.39. The lowest BCUT2D eigenvalue weighted by Gasteiger charge is -2.29. The van der Waals surface area contributed by atoms with Gasteiger partial charge in [-0.25, -0.2) is 4.79 Å². The minimum absolute atomic E-state index is 0.408. The summed E-state index contributed by atoms with van der Waals surface area (Å²) < 4.78 is 4.58. The molecule has 1 amide bonds. The van der Waals surface area contributed by atoms with Crippen LogP contribution in [0.25, 0.3) is 0 Å². The summed E-state index contributed by atoms with van der Waals surface area (Å²) in [7, 11) is 1.23. The van der Waals surface area contributed by atoms with Gasteiger partial charge in [0.05, 0.1) is 13.7 Å². The quantitative estimate of drug-likeness (QED) is 0.475. The van der Waals surface area contributed by atoms with Crippen molar-refractivity contribution in [1.29, 1.82) is 0 Å². The van der Waals surface area contributed by atoms with Crippen LogP contribution < -0.4 is 0 Å². The number of ether oxygens (including phenoxy) is 1. The SMILES string of the molecule is COC(=O)C(Cl)C(=O)N(Cc1ccccc1)C1=CCCCC1. The zero-order valence-corrected chi connectivity index (χ0v) is 13.4. The van der Waals surface area contributed by atoms with Crippen LogP contribution in [0.4, 0.5) is 0 Å². The Morgan fingerprint density at radius 2 is 2.00 bits per heavy atom. The molecule has 0 heterocycles. The van der Waals surface area contributed by atoms with Crippen molar-refractivity contribution in [3.05, 3.63) is 47.7 Å². The molecular weight excluding hydrogens is 302 g/mol. The standard InChI is InChI=1S/C17H20ClNO3/c1-22-17(21)15(18)16(20)19(14-10-6-3-7-11-14)12-13-8-4-2-5-9-13/h2,4-5,8-10,15H,3,6-7,11-12H2,1H3. The van der Waals surface area contributed by atoms with E-state index in [1.165, 1.54) is 7.11 Å². The number of methoxy groups -OCH3 is 1. The molecule has 1 aliphatic rings. The maximum Gasteiger partial charge on any atom is 0.333 e. The predicted octanol–water partition coefficient (Wildman–Crippen LogP) is 3.25. The summed E-state index contributed by atoms with van der Waals surface area (Å²) in [5.41, 5.74) is 1.94. The molecule has 0 saturated heterocycles. The number of allylic oxidation sites excluding steroid dienone is 2. The largest absolute Gasteiger partial charge is 0.468 e. The first-order valence-corrected chi connectivity index (χ1v) is 7.83. The molecular formula is C17H20ClNO3. The van der Waals surface area contributed by atoms with Crippen LogP contribution in [0.5, 0.6) is 0 Å². The fourth-order valence-corrected chi connectivity index (χ4v) is 2.70. The highest BCUT2D eigenvalue weighted by molar-refractivity contribution is 6.40. The minimum atomic E-state index is -1.31. The number of carbonyl (C=O) groups is 2. The lowest BCUT2D eigenvalue weighted by Crippen LogP contribution is -2.40. The number of carbonyl (C=O) groups excluding carboxylic acids is 2. The van der Waals surface area contributed by atoms with Gasteiger partial charge in [0.2, 0.25) is 5.38 Å². The molecule has 22 heavy (non-hydrogen) atoms. The van der Waals surface area contributed by atoms with Crippen molar-refractivity contribution in [3.63, 3.8) is 0 Å². The van der Waals surface area contributed by atoms with E-state index < -0.39 is 17.3 Å². The number of amides is 1.